The van der Waals surface area contributed by atoms with Crippen LogP contribution in [0.1, 0.15) is 27.2 Å². The van der Waals surface area contributed by atoms with Crippen molar-refractivity contribution in [3.8, 4) is 0 Å². The molecule has 1 aliphatic heterocycles. The maximum absolute atomic E-state index is 9.41. The van der Waals surface area contributed by atoms with E-state index in [0.717, 1.165) is 19.5 Å². The summed E-state index contributed by atoms with van der Waals surface area (Å²) in [5.74, 6) is 0. The van der Waals surface area contributed by atoms with Crippen LogP contribution >= 0.6 is 0 Å². The van der Waals surface area contributed by atoms with E-state index in [0.29, 0.717) is 0 Å². The van der Waals surface area contributed by atoms with Gasteiger partial charge >= 0.3 is 0 Å². The molecule has 1 atom stereocenters. The highest BCUT2D eigenvalue weighted by Crippen LogP contribution is 2.17. The van der Waals surface area contributed by atoms with Gasteiger partial charge in [-0.15, -0.1) is 0 Å². The molecule has 1 saturated heterocycles. The van der Waals surface area contributed by atoms with E-state index in [9.17, 15) is 5.11 Å². The summed E-state index contributed by atoms with van der Waals surface area (Å²) in [7, 11) is 1.88. The third kappa shape index (κ3) is 3.70. The Bertz CT molecular complexity index is 104. The number of hydrazine groups is 1. The summed E-state index contributed by atoms with van der Waals surface area (Å²) in [5, 5.41) is 11.4. The first-order valence-electron chi connectivity index (χ1n) is 4.29. The van der Waals surface area contributed by atoms with Crippen LogP contribution in [0.4, 0.5) is 0 Å². The molecule has 1 fully saturated rings. The van der Waals surface area contributed by atoms with Gasteiger partial charge in [0.2, 0.25) is 0 Å². The van der Waals surface area contributed by atoms with Gasteiger partial charge in [0, 0.05) is 13.1 Å². The fourth-order valence-corrected chi connectivity index (χ4v) is 1.14. The number of nitrogens with zero attached hydrogens (tertiary/aromatic N) is 1. The zero-order chi connectivity index (χ0) is 8.91. The first kappa shape index (κ1) is 10.9. The average Bonchev–Trinajstić information content (AvgIpc) is 2.34. The van der Waals surface area contributed by atoms with Crippen molar-refractivity contribution in [1.29, 1.82) is 0 Å². The minimum Gasteiger partial charge on any atom is -0.389 e. The summed E-state index contributed by atoms with van der Waals surface area (Å²) >= 11 is 0. The van der Waals surface area contributed by atoms with Crippen molar-refractivity contribution in [2.75, 3.05) is 20.1 Å². The lowest BCUT2D eigenvalue weighted by atomic mass is 10.1. The molecule has 1 aliphatic rings. The predicted molar refractivity (Wildman–Crippen MR) is 47.2 cm³/mol. The maximum Gasteiger partial charge on any atom is 0.0772 e. The Hall–Kier alpha value is -0.120. The molecule has 0 aliphatic carbocycles. The van der Waals surface area contributed by atoms with Gasteiger partial charge in [0.05, 0.1) is 5.60 Å². The van der Waals surface area contributed by atoms with E-state index in [1.165, 1.54) is 0 Å². The monoisotopic (exact) mass is 160 g/mol. The lowest BCUT2D eigenvalue weighted by Gasteiger charge is -2.16. The number of hydrogen-bond acceptors (Lipinski definition) is 3. The van der Waals surface area contributed by atoms with Crippen LogP contribution in [0.3, 0.4) is 0 Å². The van der Waals surface area contributed by atoms with Gasteiger partial charge < -0.3 is 5.11 Å². The van der Waals surface area contributed by atoms with Crippen molar-refractivity contribution in [1.82, 2.24) is 10.4 Å². The van der Waals surface area contributed by atoms with Crippen LogP contribution in [-0.4, -0.2) is 35.9 Å². The molecular formula is C8H20N2O. The highest BCUT2D eigenvalue weighted by atomic mass is 16.3. The standard InChI is InChI=1S/C6H14N2O.C2H6/c1-6(9)3-4-8(5-6)7-2;1-2/h7,9H,3-5H2,1-2H3;1-2H3. The highest BCUT2D eigenvalue weighted by Gasteiger charge is 2.30. The van der Waals surface area contributed by atoms with Gasteiger partial charge in [0.15, 0.2) is 0 Å². The summed E-state index contributed by atoms with van der Waals surface area (Å²) < 4.78 is 0. The normalized spacial score (nSPS) is 31.4. The minimum atomic E-state index is -0.469. The molecular weight excluding hydrogens is 140 g/mol. The smallest absolute Gasteiger partial charge is 0.0772 e. The zero-order valence-corrected chi connectivity index (χ0v) is 8.02. The molecule has 2 N–H and O–H groups in total. The summed E-state index contributed by atoms with van der Waals surface area (Å²) in [5.41, 5.74) is 2.52. The van der Waals surface area contributed by atoms with Crippen LogP contribution in [0.15, 0.2) is 0 Å². The number of nitrogens with one attached hydrogen (secondary N) is 1. The Morgan fingerprint density at radius 3 is 2.18 bits per heavy atom. The average molecular weight is 160 g/mol. The van der Waals surface area contributed by atoms with Gasteiger partial charge in [-0.1, -0.05) is 13.8 Å². The maximum atomic E-state index is 9.41. The molecule has 0 amide bonds. The number of rotatable bonds is 1. The molecule has 1 rings (SSSR count). The van der Waals surface area contributed by atoms with Gasteiger partial charge in [-0.05, 0) is 20.4 Å². The van der Waals surface area contributed by atoms with Crippen LogP contribution in [0.2, 0.25) is 0 Å². The summed E-state index contributed by atoms with van der Waals surface area (Å²) in [6.45, 7) is 7.55. The Balaban J connectivity index is 0.000000461. The van der Waals surface area contributed by atoms with Crippen LogP contribution < -0.4 is 5.43 Å². The van der Waals surface area contributed by atoms with E-state index in [4.69, 9.17) is 0 Å². The Labute approximate surface area is 69.4 Å². The lowest BCUT2D eigenvalue weighted by molar-refractivity contribution is 0.0626. The van der Waals surface area contributed by atoms with E-state index in [-0.39, 0.29) is 0 Å². The predicted octanol–water partition coefficient (Wildman–Crippen LogP) is 0.604. The molecule has 0 aromatic carbocycles. The van der Waals surface area contributed by atoms with Crippen molar-refractivity contribution in [3.05, 3.63) is 0 Å². The van der Waals surface area contributed by atoms with E-state index >= 15 is 0 Å². The molecule has 0 spiro atoms. The van der Waals surface area contributed by atoms with Gasteiger partial charge in [-0.3, -0.25) is 5.43 Å². The van der Waals surface area contributed by atoms with E-state index in [1.807, 2.05) is 32.8 Å². The topological polar surface area (TPSA) is 35.5 Å². The third-order valence-corrected chi connectivity index (χ3v) is 1.77. The van der Waals surface area contributed by atoms with Crippen molar-refractivity contribution in [3.63, 3.8) is 0 Å². The Morgan fingerprint density at radius 2 is 2.00 bits per heavy atom. The number of aliphatic hydroxyl groups is 1. The van der Waals surface area contributed by atoms with Crippen molar-refractivity contribution in [2.45, 2.75) is 32.8 Å². The fraction of sp³-hybridized carbons (Fsp3) is 1.00. The quantitative estimate of drug-likeness (QED) is 0.590. The van der Waals surface area contributed by atoms with Crippen molar-refractivity contribution in [2.24, 2.45) is 0 Å². The summed E-state index contributed by atoms with van der Waals surface area (Å²) in [6, 6.07) is 0. The molecule has 68 valence electrons. The van der Waals surface area contributed by atoms with Gasteiger partial charge in [-0.25, -0.2) is 5.01 Å². The van der Waals surface area contributed by atoms with Crippen molar-refractivity contribution < 1.29 is 5.11 Å². The molecule has 3 nitrogen and oxygen atoms in total. The second kappa shape index (κ2) is 4.70. The molecule has 1 heterocycles. The minimum absolute atomic E-state index is 0.469. The molecule has 3 heteroatoms. The summed E-state index contributed by atoms with van der Waals surface area (Å²) in [4.78, 5) is 0. The van der Waals surface area contributed by atoms with Gasteiger partial charge in [-0.2, -0.15) is 0 Å². The van der Waals surface area contributed by atoms with Gasteiger partial charge in [0.25, 0.3) is 0 Å². The first-order valence-corrected chi connectivity index (χ1v) is 4.29. The molecule has 0 aromatic rings. The Morgan fingerprint density at radius 1 is 1.45 bits per heavy atom. The second-order valence-corrected chi connectivity index (χ2v) is 2.89. The fourth-order valence-electron chi connectivity index (χ4n) is 1.14. The van der Waals surface area contributed by atoms with E-state index in [2.05, 4.69) is 5.43 Å². The third-order valence-electron chi connectivity index (χ3n) is 1.77. The molecule has 0 bridgehead atoms. The molecule has 0 radical (unpaired) electrons. The summed E-state index contributed by atoms with van der Waals surface area (Å²) in [6.07, 6.45) is 0.869. The SMILES string of the molecule is CC.CNN1CCC(C)(O)C1. The largest absolute Gasteiger partial charge is 0.389 e. The molecule has 1 unspecified atom stereocenters. The zero-order valence-electron chi connectivity index (χ0n) is 8.02. The first-order chi connectivity index (χ1) is 5.14. The number of β-amino-alcohol motifs (C(OH)–C–C–N with tert-alkyl or cyclic N) is 1. The van der Waals surface area contributed by atoms with E-state index < -0.39 is 5.60 Å². The van der Waals surface area contributed by atoms with E-state index in [1.54, 1.807) is 0 Å². The molecule has 11 heavy (non-hydrogen) atoms. The van der Waals surface area contributed by atoms with Gasteiger partial charge in [0.1, 0.15) is 0 Å². The molecule has 0 saturated carbocycles. The van der Waals surface area contributed by atoms with Crippen LogP contribution in [0, 0.1) is 0 Å². The van der Waals surface area contributed by atoms with Crippen molar-refractivity contribution >= 4 is 0 Å². The van der Waals surface area contributed by atoms with Crippen LogP contribution in [-0.2, 0) is 0 Å². The van der Waals surface area contributed by atoms with Crippen LogP contribution in [0.5, 0.6) is 0 Å². The second-order valence-electron chi connectivity index (χ2n) is 2.89. The highest BCUT2D eigenvalue weighted by molar-refractivity contribution is 4.83. The molecule has 0 aromatic heterocycles. The van der Waals surface area contributed by atoms with Crippen LogP contribution in [0.25, 0.3) is 0 Å². The Kier molecular flexibility index (Phi) is 4.65. The lowest BCUT2D eigenvalue weighted by Crippen LogP contribution is -2.36. The number of hydrogen-bond donors (Lipinski definition) is 2.